The highest BCUT2D eigenvalue weighted by Crippen LogP contribution is 2.32. The van der Waals surface area contributed by atoms with Crippen LogP contribution in [0.1, 0.15) is 18.6 Å². The van der Waals surface area contributed by atoms with Gasteiger partial charge in [0.25, 0.3) is 0 Å². The molecular weight excluding hydrogens is 190 g/mol. The third kappa shape index (κ3) is 1.39. The number of nitrogens with zero attached hydrogens (tertiary/aromatic N) is 1. The van der Waals surface area contributed by atoms with Gasteiger partial charge in [-0.05, 0) is 25.0 Å². The molecule has 0 radical (unpaired) electrons. The van der Waals surface area contributed by atoms with Crippen LogP contribution in [-0.2, 0) is 4.79 Å². The number of piperidine rings is 3. The van der Waals surface area contributed by atoms with Gasteiger partial charge >= 0.3 is 0 Å². The van der Waals surface area contributed by atoms with Crippen molar-refractivity contribution >= 4 is 11.9 Å². The lowest BCUT2D eigenvalue weighted by Gasteiger charge is -2.40. The van der Waals surface area contributed by atoms with Gasteiger partial charge < -0.3 is 9.32 Å². The summed E-state index contributed by atoms with van der Waals surface area (Å²) in [6, 6.07) is 3.72. The van der Waals surface area contributed by atoms with Gasteiger partial charge in [-0.2, -0.15) is 0 Å². The molecule has 15 heavy (non-hydrogen) atoms. The molecule has 3 aliphatic heterocycles. The summed E-state index contributed by atoms with van der Waals surface area (Å²) in [6.07, 6.45) is 5.55. The molecule has 0 aromatic carbocycles. The molecule has 3 nitrogen and oxygen atoms in total. The molecule has 4 heterocycles. The minimum Gasteiger partial charge on any atom is -0.465 e. The van der Waals surface area contributed by atoms with E-state index in [2.05, 4.69) is 4.90 Å². The fourth-order valence-electron chi connectivity index (χ4n) is 2.42. The van der Waals surface area contributed by atoms with Crippen molar-refractivity contribution < 1.29 is 9.21 Å². The first-order chi connectivity index (χ1) is 7.34. The third-order valence-electron chi connectivity index (χ3n) is 3.28. The van der Waals surface area contributed by atoms with Crippen LogP contribution < -0.4 is 0 Å². The lowest BCUT2D eigenvalue weighted by atomic mass is 9.84. The maximum atomic E-state index is 12.0. The Morgan fingerprint density at radius 3 is 2.80 bits per heavy atom. The average molecular weight is 203 g/mol. The zero-order valence-electron chi connectivity index (χ0n) is 8.48. The van der Waals surface area contributed by atoms with Crippen LogP contribution in [0.5, 0.6) is 0 Å². The Labute approximate surface area is 88.4 Å². The van der Waals surface area contributed by atoms with Gasteiger partial charge in [0, 0.05) is 25.1 Å². The average Bonchev–Trinajstić information content (AvgIpc) is 2.77. The summed E-state index contributed by atoms with van der Waals surface area (Å²) in [5.74, 6) is 1.33. The number of rotatable bonds is 1. The van der Waals surface area contributed by atoms with Crippen molar-refractivity contribution in [2.24, 2.45) is 5.92 Å². The van der Waals surface area contributed by atoms with Crippen LogP contribution in [0.3, 0.4) is 0 Å². The predicted molar refractivity (Wildman–Crippen MR) is 56.0 cm³/mol. The SMILES string of the molecule is O=C1/C(=C\c2ccco2)N2CCC1CC2. The lowest BCUT2D eigenvalue weighted by Crippen LogP contribution is -2.45. The van der Waals surface area contributed by atoms with Crippen LogP contribution in [-0.4, -0.2) is 23.8 Å². The van der Waals surface area contributed by atoms with Crippen LogP contribution in [0.25, 0.3) is 6.08 Å². The first-order valence-electron chi connectivity index (χ1n) is 5.39. The number of hydrogen-bond acceptors (Lipinski definition) is 3. The molecular formula is C12H13NO2. The van der Waals surface area contributed by atoms with Crippen molar-refractivity contribution in [3.8, 4) is 0 Å². The minimum atomic E-state index is 0.260. The van der Waals surface area contributed by atoms with Gasteiger partial charge in [0.1, 0.15) is 5.76 Å². The van der Waals surface area contributed by atoms with Gasteiger partial charge in [-0.1, -0.05) is 0 Å². The van der Waals surface area contributed by atoms with Crippen molar-refractivity contribution in [2.75, 3.05) is 13.1 Å². The van der Waals surface area contributed by atoms with E-state index in [0.717, 1.165) is 37.4 Å². The smallest absolute Gasteiger partial charge is 0.182 e. The Balaban J connectivity index is 1.95. The molecule has 0 aliphatic carbocycles. The monoisotopic (exact) mass is 203 g/mol. The minimum absolute atomic E-state index is 0.260. The van der Waals surface area contributed by atoms with Crippen LogP contribution in [0, 0.1) is 5.92 Å². The molecule has 3 heteroatoms. The van der Waals surface area contributed by atoms with Gasteiger partial charge in [0.15, 0.2) is 5.78 Å². The molecule has 78 valence electrons. The van der Waals surface area contributed by atoms with Crippen molar-refractivity contribution in [3.63, 3.8) is 0 Å². The Morgan fingerprint density at radius 2 is 2.20 bits per heavy atom. The highest BCUT2D eigenvalue weighted by Gasteiger charge is 2.36. The maximum absolute atomic E-state index is 12.0. The Kier molecular flexibility index (Phi) is 1.91. The quantitative estimate of drug-likeness (QED) is 0.654. The molecule has 0 amide bonds. The summed E-state index contributed by atoms with van der Waals surface area (Å²) in [6.45, 7) is 2.03. The van der Waals surface area contributed by atoms with E-state index in [4.69, 9.17) is 4.42 Å². The van der Waals surface area contributed by atoms with Crippen molar-refractivity contribution in [2.45, 2.75) is 12.8 Å². The van der Waals surface area contributed by atoms with E-state index in [9.17, 15) is 4.79 Å². The number of carbonyl (C=O) groups excluding carboxylic acids is 1. The molecule has 1 aromatic heterocycles. The van der Waals surface area contributed by atoms with E-state index in [0.29, 0.717) is 5.78 Å². The summed E-state index contributed by atoms with van der Waals surface area (Å²) >= 11 is 0. The number of furan rings is 1. The second kappa shape index (κ2) is 3.26. The fourth-order valence-corrected chi connectivity index (χ4v) is 2.42. The Morgan fingerprint density at radius 1 is 1.40 bits per heavy atom. The van der Waals surface area contributed by atoms with E-state index >= 15 is 0 Å². The second-order valence-corrected chi connectivity index (χ2v) is 4.17. The van der Waals surface area contributed by atoms with Crippen LogP contribution >= 0.6 is 0 Å². The summed E-state index contributed by atoms with van der Waals surface area (Å²) in [5.41, 5.74) is 0.840. The van der Waals surface area contributed by atoms with Gasteiger partial charge in [-0.3, -0.25) is 4.79 Å². The second-order valence-electron chi connectivity index (χ2n) is 4.17. The molecule has 0 saturated carbocycles. The summed E-state index contributed by atoms with van der Waals surface area (Å²) in [4.78, 5) is 14.1. The first kappa shape index (κ1) is 8.77. The molecule has 0 spiro atoms. The van der Waals surface area contributed by atoms with Crippen molar-refractivity contribution in [3.05, 3.63) is 29.9 Å². The molecule has 0 N–H and O–H groups in total. The van der Waals surface area contributed by atoms with E-state index in [1.54, 1.807) is 6.26 Å². The Bertz CT molecular complexity index is 397. The first-order valence-corrected chi connectivity index (χ1v) is 5.39. The van der Waals surface area contributed by atoms with Gasteiger partial charge in [0.05, 0.1) is 12.0 Å². The third-order valence-corrected chi connectivity index (χ3v) is 3.28. The zero-order chi connectivity index (χ0) is 10.3. The number of carbonyl (C=O) groups is 1. The highest BCUT2D eigenvalue weighted by molar-refractivity contribution is 6.01. The maximum Gasteiger partial charge on any atom is 0.182 e. The molecule has 3 aliphatic rings. The fraction of sp³-hybridized carbons (Fsp3) is 0.417. The standard InChI is InChI=1S/C12H13NO2/c14-12-9-3-5-13(6-4-9)11(12)8-10-2-1-7-15-10/h1-2,7-9H,3-6H2/b11-8+. The van der Waals surface area contributed by atoms with E-state index in [-0.39, 0.29) is 5.92 Å². The van der Waals surface area contributed by atoms with E-state index < -0.39 is 0 Å². The molecule has 4 rings (SSSR count). The predicted octanol–water partition coefficient (Wildman–Crippen LogP) is 1.92. The lowest BCUT2D eigenvalue weighted by molar-refractivity contribution is -0.125. The largest absolute Gasteiger partial charge is 0.465 e. The van der Waals surface area contributed by atoms with Crippen LogP contribution in [0.4, 0.5) is 0 Å². The molecule has 3 fully saturated rings. The zero-order valence-corrected chi connectivity index (χ0v) is 8.48. The Hall–Kier alpha value is -1.51. The van der Waals surface area contributed by atoms with Crippen LogP contribution in [0.15, 0.2) is 28.5 Å². The van der Waals surface area contributed by atoms with E-state index in [1.165, 1.54) is 0 Å². The summed E-state index contributed by atoms with van der Waals surface area (Å²) < 4.78 is 5.24. The topological polar surface area (TPSA) is 33.5 Å². The number of hydrogen-bond donors (Lipinski definition) is 0. The number of ketones is 1. The highest BCUT2D eigenvalue weighted by atomic mass is 16.3. The number of Topliss-reactive ketones (excluding diaryl/α,β-unsaturated/α-hetero) is 1. The van der Waals surface area contributed by atoms with Crippen molar-refractivity contribution in [1.82, 2.24) is 4.90 Å². The van der Waals surface area contributed by atoms with Gasteiger partial charge in [-0.25, -0.2) is 0 Å². The molecule has 3 saturated heterocycles. The van der Waals surface area contributed by atoms with Crippen molar-refractivity contribution in [1.29, 1.82) is 0 Å². The number of fused-ring (bicyclic) bond motifs is 3. The van der Waals surface area contributed by atoms with E-state index in [1.807, 2.05) is 18.2 Å². The summed E-state index contributed by atoms with van der Waals surface area (Å²) in [7, 11) is 0. The molecule has 1 aromatic rings. The molecule has 2 bridgehead atoms. The van der Waals surface area contributed by atoms with Gasteiger partial charge in [0.2, 0.25) is 0 Å². The number of allylic oxidation sites excluding steroid dienone is 1. The van der Waals surface area contributed by atoms with Gasteiger partial charge in [-0.15, -0.1) is 0 Å². The summed E-state index contributed by atoms with van der Waals surface area (Å²) in [5, 5.41) is 0. The van der Waals surface area contributed by atoms with Crippen LogP contribution in [0.2, 0.25) is 0 Å². The molecule has 0 unspecified atom stereocenters. The molecule has 0 atom stereocenters. The normalized spacial score (nSPS) is 24.1.